The lowest BCUT2D eigenvalue weighted by Crippen LogP contribution is -2.39. The number of nitrogens with zero attached hydrogens (tertiary/aromatic N) is 2. The summed E-state index contributed by atoms with van der Waals surface area (Å²) in [5, 5.41) is 6.69. The molecule has 0 aliphatic heterocycles. The van der Waals surface area contributed by atoms with Crippen LogP contribution >= 0.6 is 0 Å². The second kappa shape index (κ2) is 5.14. The van der Waals surface area contributed by atoms with Crippen molar-refractivity contribution in [1.82, 2.24) is 15.1 Å². The fraction of sp³-hybridized carbons (Fsp3) is 0.667. The molecule has 1 heterocycles. The zero-order valence-electron chi connectivity index (χ0n) is 10.7. The normalized spacial score (nSPS) is 11.2. The standard InChI is InChI=1S/C12H21N3O/c1-8(2)7-15(9(3)4)12(16)11-6-13-14-10(11)5/h6,8-9H,7H2,1-5H3,(H,13,14). The largest absolute Gasteiger partial charge is 0.336 e. The predicted molar refractivity (Wildman–Crippen MR) is 64.3 cm³/mol. The number of aromatic nitrogens is 2. The Balaban J connectivity index is 2.88. The molecule has 90 valence electrons. The van der Waals surface area contributed by atoms with Crippen LogP contribution in [0.15, 0.2) is 6.20 Å². The van der Waals surface area contributed by atoms with Crippen molar-refractivity contribution >= 4 is 5.91 Å². The number of carbonyl (C=O) groups excluding carboxylic acids is 1. The topological polar surface area (TPSA) is 49.0 Å². The molecule has 1 amide bonds. The van der Waals surface area contributed by atoms with E-state index in [1.54, 1.807) is 6.20 Å². The van der Waals surface area contributed by atoms with E-state index >= 15 is 0 Å². The van der Waals surface area contributed by atoms with Gasteiger partial charge in [-0.2, -0.15) is 5.10 Å². The Morgan fingerprint density at radius 1 is 1.44 bits per heavy atom. The maximum Gasteiger partial charge on any atom is 0.257 e. The van der Waals surface area contributed by atoms with Crippen LogP contribution in [0.1, 0.15) is 43.7 Å². The van der Waals surface area contributed by atoms with Gasteiger partial charge in [-0.25, -0.2) is 0 Å². The smallest absolute Gasteiger partial charge is 0.257 e. The Morgan fingerprint density at radius 2 is 2.06 bits per heavy atom. The molecule has 16 heavy (non-hydrogen) atoms. The predicted octanol–water partition coefficient (Wildman–Crippen LogP) is 2.22. The van der Waals surface area contributed by atoms with Gasteiger partial charge in [-0.1, -0.05) is 13.8 Å². The highest BCUT2D eigenvalue weighted by Crippen LogP contribution is 2.12. The average molecular weight is 223 g/mol. The van der Waals surface area contributed by atoms with E-state index in [4.69, 9.17) is 0 Å². The minimum Gasteiger partial charge on any atom is -0.336 e. The lowest BCUT2D eigenvalue weighted by molar-refractivity contribution is 0.0681. The summed E-state index contributed by atoms with van der Waals surface area (Å²) < 4.78 is 0. The van der Waals surface area contributed by atoms with Crippen molar-refractivity contribution in [3.63, 3.8) is 0 Å². The van der Waals surface area contributed by atoms with Crippen molar-refractivity contribution in [1.29, 1.82) is 0 Å². The van der Waals surface area contributed by atoms with Gasteiger partial charge >= 0.3 is 0 Å². The van der Waals surface area contributed by atoms with Crippen LogP contribution in [0.2, 0.25) is 0 Å². The van der Waals surface area contributed by atoms with Gasteiger partial charge < -0.3 is 4.90 Å². The number of aromatic amines is 1. The van der Waals surface area contributed by atoms with Crippen LogP contribution in [0.3, 0.4) is 0 Å². The molecular formula is C12H21N3O. The Morgan fingerprint density at radius 3 is 2.44 bits per heavy atom. The molecule has 0 aliphatic carbocycles. The van der Waals surface area contributed by atoms with E-state index in [2.05, 4.69) is 24.0 Å². The number of amides is 1. The number of aryl methyl sites for hydroxylation is 1. The summed E-state index contributed by atoms with van der Waals surface area (Å²) in [6.45, 7) is 11.0. The number of carbonyl (C=O) groups is 1. The van der Waals surface area contributed by atoms with E-state index in [0.29, 0.717) is 11.5 Å². The van der Waals surface area contributed by atoms with Crippen molar-refractivity contribution in [2.24, 2.45) is 5.92 Å². The number of rotatable bonds is 4. The second-order valence-corrected chi connectivity index (χ2v) is 4.85. The van der Waals surface area contributed by atoms with Crippen LogP contribution in [-0.4, -0.2) is 33.6 Å². The summed E-state index contributed by atoms with van der Waals surface area (Å²) in [6.07, 6.45) is 1.60. The summed E-state index contributed by atoms with van der Waals surface area (Å²) in [5.41, 5.74) is 1.51. The summed E-state index contributed by atoms with van der Waals surface area (Å²) in [6, 6.07) is 0.212. The molecule has 0 unspecified atom stereocenters. The Labute approximate surface area is 97.0 Å². The molecule has 0 fully saturated rings. The highest BCUT2D eigenvalue weighted by Gasteiger charge is 2.21. The van der Waals surface area contributed by atoms with Crippen molar-refractivity contribution < 1.29 is 4.79 Å². The number of nitrogens with one attached hydrogen (secondary N) is 1. The molecule has 0 saturated carbocycles. The molecule has 0 radical (unpaired) electrons. The first kappa shape index (κ1) is 12.7. The lowest BCUT2D eigenvalue weighted by Gasteiger charge is -2.28. The quantitative estimate of drug-likeness (QED) is 0.851. The van der Waals surface area contributed by atoms with Gasteiger partial charge in [0.1, 0.15) is 0 Å². The van der Waals surface area contributed by atoms with E-state index in [9.17, 15) is 4.79 Å². The zero-order valence-corrected chi connectivity index (χ0v) is 10.7. The summed E-state index contributed by atoms with van der Waals surface area (Å²) >= 11 is 0. The van der Waals surface area contributed by atoms with E-state index in [1.807, 2.05) is 25.7 Å². The first-order chi connectivity index (χ1) is 7.43. The molecule has 1 aromatic heterocycles. The SMILES string of the molecule is Cc1[nH]ncc1C(=O)N(CC(C)C)C(C)C. The van der Waals surface area contributed by atoms with Gasteiger partial charge in [-0.3, -0.25) is 9.89 Å². The molecule has 0 aliphatic rings. The number of hydrogen-bond donors (Lipinski definition) is 1. The van der Waals surface area contributed by atoms with Crippen LogP contribution in [-0.2, 0) is 0 Å². The summed E-state index contributed by atoms with van der Waals surface area (Å²) in [4.78, 5) is 14.2. The van der Waals surface area contributed by atoms with E-state index < -0.39 is 0 Å². The van der Waals surface area contributed by atoms with Crippen LogP contribution in [0.5, 0.6) is 0 Å². The molecule has 0 aromatic carbocycles. The highest BCUT2D eigenvalue weighted by atomic mass is 16.2. The van der Waals surface area contributed by atoms with Gasteiger partial charge in [0.25, 0.3) is 5.91 Å². The average Bonchev–Trinajstić information content (AvgIpc) is 2.59. The molecule has 0 atom stereocenters. The zero-order chi connectivity index (χ0) is 12.3. The third-order valence-electron chi connectivity index (χ3n) is 2.51. The molecule has 1 rings (SSSR count). The van der Waals surface area contributed by atoms with Crippen molar-refractivity contribution in [3.8, 4) is 0 Å². The van der Waals surface area contributed by atoms with E-state index in [-0.39, 0.29) is 11.9 Å². The summed E-state index contributed by atoms with van der Waals surface area (Å²) in [7, 11) is 0. The highest BCUT2D eigenvalue weighted by molar-refractivity contribution is 5.95. The first-order valence-corrected chi connectivity index (χ1v) is 5.74. The Bertz CT molecular complexity index is 355. The van der Waals surface area contributed by atoms with Gasteiger partial charge in [0.2, 0.25) is 0 Å². The molecule has 4 nitrogen and oxygen atoms in total. The lowest BCUT2D eigenvalue weighted by atomic mass is 10.1. The monoisotopic (exact) mass is 223 g/mol. The first-order valence-electron chi connectivity index (χ1n) is 5.74. The number of hydrogen-bond acceptors (Lipinski definition) is 2. The van der Waals surface area contributed by atoms with Gasteiger partial charge in [-0.15, -0.1) is 0 Å². The fourth-order valence-corrected chi connectivity index (χ4v) is 1.64. The molecule has 1 N–H and O–H groups in total. The van der Waals surface area contributed by atoms with Crippen molar-refractivity contribution in [2.75, 3.05) is 6.54 Å². The van der Waals surface area contributed by atoms with E-state index in [0.717, 1.165) is 12.2 Å². The van der Waals surface area contributed by atoms with Crippen molar-refractivity contribution in [2.45, 2.75) is 40.7 Å². The minimum absolute atomic E-state index is 0.0648. The maximum atomic E-state index is 12.3. The Kier molecular flexibility index (Phi) is 4.10. The third-order valence-corrected chi connectivity index (χ3v) is 2.51. The minimum atomic E-state index is 0.0648. The van der Waals surface area contributed by atoms with Crippen LogP contribution in [0.25, 0.3) is 0 Å². The van der Waals surface area contributed by atoms with Crippen molar-refractivity contribution in [3.05, 3.63) is 17.5 Å². The Hall–Kier alpha value is -1.32. The van der Waals surface area contributed by atoms with Gasteiger partial charge in [0.05, 0.1) is 11.8 Å². The maximum absolute atomic E-state index is 12.3. The van der Waals surface area contributed by atoms with Crippen LogP contribution < -0.4 is 0 Å². The van der Waals surface area contributed by atoms with Gasteiger partial charge in [0.15, 0.2) is 0 Å². The fourth-order valence-electron chi connectivity index (χ4n) is 1.64. The second-order valence-electron chi connectivity index (χ2n) is 4.85. The van der Waals surface area contributed by atoms with Gasteiger partial charge in [0, 0.05) is 18.3 Å². The molecule has 0 saturated heterocycles. The van der Waals surface area contributed by atoms with Crippen LogP contribution in [0.4, 0.5) is 0 Å². The molecule has 1 aromatic rings. The number of H-pyrrole nitrogens is 1. The molecule has 0 spiro atoms. The van der Waals surface area contributed by atoms with E-state index in [1.165, 1.54) is 0 Å². The summed E-state index contributed by atoms with van der Waals surface area (Å²) in [5.74, 6) is 0.536. The molecule has 4 heteroatoms. The van der Waals surface area contributed by atoms with Crippen LogP contribution in [0, 0.1) is 12.8 Å². The van der Waals surface area contributed by atoms with Gasteiger partial charge in [-0.05, 0) is 26.7 Å². The third kappa shape index (κ3) is 2.84. The molecule has 0 bridgehead atoms. The molecular weight excluding hydrogens is 202 g/mol.